The maximum absolute atomic E-state index is 11.9. The highest BCUT2D eigenvalue weighted by Crippen LogP contribution is 2.67. The molecule has 1 aliphatic heterocycles. The van der Waals surface area contributed by atoms with Gasteiger partial charge in [0.1, 0.15) is 23.2 Å². The van der Waals surface area contributed by atoms with Crippen molar-refractivity contribution < 1.29 is 34.4 Å². The Kier molecular flexibility index (Phi) is 5.37. The highest BCUT2D eigenvalue weighted by Gasteiger charge is 2.69. The number of esters is 1. The van der Waals surface area contributed by atoms with Gasteiger partial charge < -0.3 is 24.8 Å². The molecule has 3 N–H and O–H groups in total. The van der Waals surface area contributed by atoms with E-state index in [1.54, 1.807) is 0 Å². The fourth-order valence-electron chi connectivity index (χ4n) is 7.24. The van der Waals surface area contributed by atoms with Crippen LogP contribution in [0, 0.1) is 22.7 Å². The summed E-state index contributed by atoms with van der Waals surface area (Å²) >= 11 is 0. The van der Waals surface area contributed by atoms with Crippen molar-refractivity contribution in [3.05, 3.63) is 22.8 Å². The molecule has 1 aromatic rings. The number of ether oxygens (including phenoxy) is 2. The normalized spacial score (nSPS) is 37.3. The minimum absolute atomic E-state index is 0.0103. The number of aliphatic hydroxyl groups excluding tert-OH is 2. The van der Waals surface area contributed by atoms with Gasteiger partial charge in [0.05, 0.1) is 18.3 Å². The summed E-state index contributed by atoms with van der Waals surface area (Å²) in [5.74, 6) is 0.0776. The Morgan fingerprint density at radius 3 is 2.59 bits per heavy atom. The van der Waals surface area contributed by atoms with Crippen LogP contribution in [0.1, 0.15) is 75.4 Å². The second-order valence-corrected chi connectivity index (χ2v) is 10.8. The lowest BCUT2D eigenvalue weighted by Crippen LogP contribution is -2.69. The second-order valence-electron chi connectivity index (χ2n) is 10.8. The van der Waals surface area contributed by atoms with Crippen LogP contribution in [-0.4, -0.2) is 45.4 Å². The topological polar surface area (TPSA) is 113 Å². The zero-order valence-corrected chi connectivity index (χ0v) is 19.5. The second kappa shape index (κ2) is 7.45. The van der Waals surface area contributed by atoms with Gasteiger partial charge in [-0.25, -0.2) is 0 Å². The Balaban J connectivity index is 1.87. The van der Waals surface area contributed by atoms with Crippen molar-refractivity contribution in [2.75, 3.05) is 0 Å². The van der Waals surface area contributed by atoms with E-state index in [2.05, 4.69) is 13.8 Å². The number of carbonyl (C=O) groups excluding carboxylic acids is 2. The number of benzene rings is 1. The van der Waals surface area contributed by atoms with Gasteiger partial charge in [-0.05, 0) is 48.1 Å². The summed E-state index contributed by atoms with van der Waals surface area (Å²) < 4.78 is 12.3. The number of hydrogen-bond acceptors (Lipinski definition) is 7. The number of carbonyl (C=O) groups is 2. The van der Waals surface area contributed by atoms with Crippen LogP contribution in [0.15, 0.2) is 6.07 Å². The third-order valence-corrected chi connectivity index (χ3v) is 8.87. The van der Waals surface area contributed by atoms with Crippen LogP contribution in [0.25, 0.3) is 0 Å². The monoisotopic (exact) mass is 446 g/mol. The first-order chi connectivity index (χ1) is 14.9. The summed E-state index contributed by atoms with van der Waals surface area (Å²) in [7, 11) is 0. The molecular weight excluding hydrogens is 412 g/mol. The molecule has 6 atom stereocenters. The number of rotatable bonds is 3. The Hall–Kier alpha value is -2.12. The summed E-state index contributed by atoms with van der Waals surface area (Å²) in [4.78, 5) is 23.8. The molecule has 2 fully saturated rings. The molecule has 1 spiro atoms. The lowest BCUT2D eigenvalue weighted by molar-refractivity contribution is -0.245. The first kappa shape index (κ1) is 23.1. The number of aldehydes is 1. The fourth-order valence-corrected chi connectivity index (χ4v) is 7.24. The van der Waals surface area contributed by atoms with Crippen LogP contribution >= 0.6 is 0 Å². The van der Waals surface area contributed by atoms with E-state index in [1.807, 2.05) is 13.8 Å². The molecule has 1 aromatic carbocycles. The van der Waals surface area contributed by atoms with E-state index in [0.717, 1.165) is 12.8 Å². The first-order valence-electron chi connectivity index (χ1n) is 11.4. The van der Waals surface area contributed by atoms with E-state index < -0.39 is 34.6 Å². The van der Waals surface area contributed by atoms with Crippen molar-refractivity contribution in [1.29, 1.82) is 0 Å². The molecule has 2 aliphatic carbocycles. The van der Waals surface area contributed by atoms with Crippen LogP contribution in [0.3, 0.4) is 0 Å². The van der Waals surface area contributed by atoms with Crippen LogP contribution in [0.5, 0.6) is 11.5 Å². The van der Waals surface area contributed by atoms with Gasteiger partial charge in [0, 0.05) is 24.3 Å². The maximum atomic E-state index is 11.9. The Morgan fingerprint density at radius 1 is 1.31 bits per heavy atom. The molecule has 0 aromatic heterocycles. The van der Waals surface area contributed by atoms with Crippen molar-refractivity contribution >= 4 is 12.3 Å². The average molecular weight is 447 g/mol. The summed E-state index contributed by atoms with van der Waals surface area (Å²) in [6.45, 7) is 9.25. The molecule has 0 bridgehead atoms. The summed E-state index contributed by atoms with van der Waals surface area (Å²) in [6, 6.07) is 1.44. The van der Waals surface area contributed by atoms with Crippen LogP contribution in [0.4, 0.5) is 0 Å². The minimum Gasteiger partial charge on any atom is -0.508 e. The third kappa shape index (κ3) is 2.93. The maximum Gasteiger partial charge on any atom is 0.302 e. The molecule has 0 unspecified atom stereocenters. The van der Waals surface area contributed by atoms with Crippen molar-refractivity contribution in [2.45, 2.75) is 84.7 Å². The van der Waals surface area contributed by atoms with Crippen molar-refractivity contribution in [1.82, 2.24) is 0 Å². The molecule has 7 heteroatoms. The van der Waals surface area contributed by atoms with Gasteiger partial charge in [-0.1, -0.05) is 27.7 Å². The fraction of sp³-hybridized carbons (Fsp3) is 0.680. The highest BCUT2D eigenvalue weighted by atomic mass is 16.6. The number of phenolic OH excluding ortho intramolecular Hbond substituents is 1. The highest BCUT2D eigenvalue weighted by molar-refractivity contribution is 5.84. The van der Waals surface area contributed by atoms with E-state index >= 15 is 0 Å². The van der Waals surface area contributed by atoms with Crippen LogP contribution in [-0.2, 0) is 22.6 Å². The van der Waals surface area contributed by atoms with Crippen LogP contribution < -0.4 is 4.74 Å². The zero-order valence-electron chi connectivity index (χ0n) is 19.5. The number of aromatic hydroxyl groups is 1. The molecule has 0 radical (unpaired) electrons. The van der Waals surface area contributed by atoms with Gasteiger partial charge in [-0.2, -0.15) is 0 Å². The number of hydrogen-bond donors (Lipinski definition) is 3. The van der Waals surface area contributed by atoms with Gasteiger partial charge in [0.15, 0.2) is 6.29 Å². The predicted molar refractivity (Wildman–Crippen MR) is 116 cm³/mol. The minimum atomic E-state index is -0.807. The summed E-state index contributed by atoms with van der Waals surface area (Å²) in [6.07, 6.45) is 1.78. The van der Waals surface area contributed by atoms with Gasteiger partial charge in [0.25, 0.3) is 0 Å². The van der Waals surface area contributed by atoms with E-state index in [1.165, 1.54) is 13.0 Å². The summed E-state index contributed by atoms with van der Waals surface area (Å²) in [5.41, 5.74) is -0.622. The molecule has 1 heterocycles. The zero-order chi connectivity index (χ0) is 23.6. The van der Waals surface area contributed by atoms with Crippen LogP contribution in [0.2, 0.25) is 0 Å². The van der Waals surface area contributed by atoms with Gasteiger partial charge in [-0.3, -0.25) is 9.59 Å². The SMILES string of the molecule is CC(=O)O[C@@H]1C[C@]2(C)[C@H](CC[C@H](C)[C@@]23Cc2c(O)cc(CO)c(C=O)c2O3)C(C)(C)[C@@H]1O. The van der Waals surface area contributed by atoms with E-state index in [0.29, 0.717) is 36.0 Å². The van der Waals surface area contributed by atoms with E-state index in [-0.39, 0.29) is 29.8 Å². The quantitative estimate of drug-likeness (QED) is 0.483. The summed E-state index contributed by atoms with van der Waals surface area (Å²) in [5, 5.41) is 31.6. The van der Waals surface area contributed by atoms with Crippen molar-refractivity contribution in [2.24, 2.45) is 22.7 Å². The third-order valence-electron chi connectivity index (χ3n) is 8.87. The Labute approximate surface area is 188 Å². The molecular formula is C25H34O7. The van der Waals surface area contributed by atoms with Gasteiger partial charge in [0.2, 0.25) is 0 Å². The number of phenols is 1. The molecule has 4 rings (SSSR count). The molecule has 176 valence electrons. The first-order valence-corrected chi connectivity index (χ1v) is 11.4. The largest absolute Gasteiger partial charge is 0.508 e. The molecule has 32 heavy (non-hydrogen) atoms. The number of aliphatic hydroxyl groups is 2. The lowest BCUT2D eigenvalue weighted by atomic mass is 9.43. The standard InChI is InChI=1S/C25H34O7/c1-13-6-7-20-23(3,4)22(30)19(31-14(2)28)10-24(20,5)25(13)9-16-18(29)8-15(11-26)17(12-27)21(16)32-25/h8,12-13,19-20,22,26,29-30H,6-7,9-11H2,1-5H3/t13-,19+,20+,22+,24+,25-/m0/s1. The molecule has 3 aliphatic rings. The molecule has 0 saturated heterocycles. The molecule has 0 amide bonds. The van der Waals surface area contributed by atoms with E-state index in [4.69, 9.17) is 9.47 Å². The molecule has 7 nitrogen and oxygen atoms in total. The Morgan fingerprint density at radius 2 is 2.00 bits per heavy atom. The van der Waals surface area contributed by atoms with E-state index in [9.17, 15) is 24.9 Å². The van der Waals surface area contributed by atoms with Gasteiger partial charge in [-0.15, -0.1) is 0 Å². The molecule has 2 saturated carbocycles. The lowest BCUT2D eigenvalue weighted by Gasteiger charge is -2.65. The predicted octanol–water partition coefficient (Wildman–Crippen LogP) is 3.15. The average Bonchev–Trinajstić information content (AvgIpc) is 3.13. The van der Waals surface area contributed by atoms with Crippen molar-refractivity contribution in [3.63, 3.8) is 0 Å². The van der Waals surface area contributed by atoms with Crippen molar-refractivity contribution in [3.8, 4) is 11.5 Å². The van der Waals surface area contributed by atoms with Gasteiger partial charge >= 0.3 is 5.97 Å². The smallest absolute Gasteiger partial charge is 0.302 e. The number of fused-ring (bicyclic) bond motifs is 3. The Bertz CT molecular complexity index is 954.